The van der Waals surface area contributed by atoms with E-state index in [2.05, 4.69) is 15.5 Å². The van der Waals surface area contributed by atoms with Crippen molar-refractivity contribution in [1.29, 1.82) is 0 Å². The maximum Gasteiger partial charge on any atom is 0.269 e. The van der Waals surface area contributed by atoms with Gasteiger partial charge in [-0.05, 0) is 47.7 Å². The van der Waals surface area contributed by atoms with Gasteiger partial charge in [0.15, 0.2) is 0 Å². The molecule has 1 saturated carbocycles. The first-order chi connectivity index (χ1) is 12.1. The molecule has 1 fully saturated rings. The minimum absolute atomic E-state index is 0.0369. The number of hydrogen-bond acceptors (Lipinski definition) is 7. The fraction of sp³-hybridized carbons (Fsp3) is 0.467. The van der Waals surface area contributed by atoms with E-state index in [9.17, 15) is 14.9 Å². The second-order valence-electron chi connectivity index (χ2n) is 6.14. The zero-order valence-corrected chi connectivity index (χ0v) is 14.2. The Labute approximate surface area is 147 Å². The smallest absolute Gasteiger partial charge is 0.269 e. The second kappa shape index (κ2) is 6.43. The van der Waals surface area contributed by atoms with E-state index in [4.69, 9.17) is 0 Å². The minimum Gasteiger partial charge on any atom is -0.311 e. The van der Waals surface area contributed by atoms with Crippen LogP contribution in [0.5, 0.6) is 0 Å². The number of amides is 1. The first-order valence-corrected chi connectivity index (χ1v) is 9.10. The Morgan fingerprint density at radius 2 is 2.24 bits per heavy atom. The summed E-state index contributed by atoms with van der Waals surface area (Å²) in [6.45, 7) is 0.623. The molecule has 0 spiro atoms. The molecular formula is C15H16N6O3S. The van der Waals surface area contributed by atoms with E-state index in [1.54, 1.807) is 21.7 Å². The number of nitro groups is 1. The number of nitrogens with zero attached hydrogens (tertiary/aromatic N) is 6. The molecule has 25 heavy (non-hydrogen) atoms. The Hall–Kier alpha value is -2.49. The first-order valence-electron chi connectivity index (χ1n) is 8.12. The molecule has 1 aliphatic heterocycles. The van der Waals surface area contributed by atoms with Gasteiger partial charge in [0.25, 0.3) is 5.69 Å². The van der Waals surface area contributed by atoms with Crippen LogP contribution in [-0.2, 0) is 11.2 Å². The number of carbonyl (C=O) groups is 1. The molecule has 2 aromatic rings. The predicted molar refractivity (Wildman–Crippen MR) is 90.6 cm³/mol. The normalized spacial score (nSPS) is 16.6. The molecule has 0 saturated heterocycles. The van der Waals surface area contributed by atoms with Crippen LogP contribution in [0.25, 0.3) is 0 Å². The van der Waals surface area contributed by atoms with Crippen LogP contribution in [0.2, 0.25) is 0 Å². The van der Waals surface area contributed by atoms with Gasteiger partial charge < -0.3 is 4.90 Å². The van der Waals surface area contributed by atoms with Crippen molar-refractivity contribution in [2.75, 3.05) is 17.2 Å². The number of non-ortho nitro benzene ring substituents is 1. The van der Waals surface area contributed by atoms with Gasteiger partial charge in [-0.25, -0.2) is 4.68 Å². The highest BCUT2D eigenvalue weighted by atomic mass is 32.2. The topological polar surface area (TPSA) is 107 Å². The first kappa shape index (κ1) is 16.0. The number of fused-ring (bicyclic) bond motifs is 1. The summed E-state index contributed by atoms with van der Waals surface area (Å²) >= 11 is 1.33. The average molecular weight is 360 g/mol. The van der Waals surface area contributed by atoms with Gasteiger partial charge in [0, 0.05) is 24.4 Å². The lowest BCUT2D eigenvalue weighted by molar-refractivity contribution is -0.384. The fourth-order valence-corrected chi connectivity index (χ4v) is 3.81. The maximum atomic E-state index is 12.7. The highest BCUT2D eigenvalue weighted by molar-refractivity contribution is 7.99. The summed E-state index contributed by atoms with van der Waals surface area (Å²) < 4.78 is 1.78. The highest BCUT2D eigenvalue weighted by Gasteiger charge is 2.29. The van der Waals surface area contributed by atoms with Crippen molar-refractivity contribution in [3.05, 3.63) is 33.9 Å². The van der Waals surface area contributed by atoms with Gasteiger partial charge in [0.1, 0.15) is 0 Å². The number of benzene rings is 1. The molecule has 10 heteroatoms. The molecule has 1 aromatic carbocycles. The van der Waals surface area contributed by atoms with Crippen LogP contribution in [-0.4, -0.2) is 43.3 Å². The molecule has 9 nitrogen and oxygen atoms in total. The van der Waals surface area contributed by atoms with Crippen molar-refractivity contribution in [2.24, 2.45) is 0 Å². The molecular weight excluding hydrogens is 344 g/mol. The molecule has 1 amide bonds. The van der Waals surface area contributed by atoms with E-state index < -0.39 is 4.92 Å². The molecule has 4 rings (SSSR count). The number of aryl methyl sites for hydroxylation is 1. The summed E-state index contributed by atoms with van der Waals surface area (Å²) in [6.07, 6.45) is 3.69. The molecule has 0 bridgehead atoms. The predicted octanol–water partition coefficient (Wildman–Crippen LogP) is 1.99. The van der Waals surface area contributed by atoms with E-state index in [-0.39, 0.29) is 17.3 Å². The molecule has 2 heterocycles. The van der Waals surface area contributed by atoms with Crippen molar-refractivity contribution in [3.8, 4) is 0 Å². The van der Waals surface area contributed by atoms with Crippen LogP contribution in [0.1, 0.15) is 30.9 Å². The Morgan fingerprint density at radius 3 is 3.00 bits per heavy atom. The Bertz CT molecular complexity index is 834. The molecule has 0 radical (unpaired) electrons. The Balaban J connectivity index is 1.48. The standard InChI is InChI=1S/C15H16N6O3S/c22-14(9-25-15-16-17-18-20(15)11-3-4-11)19-7-1-2-10-8-12(21(23)24)5-6-13(10)19/h5-6,8,11H,1-4,7,9H2. The summed E-state index contributed by atoms with van der Waals surface area (Å²) in [6, 6.07) is 5.05. The number of rotatable bonds is 5. The molecule has 130 valence electrons. The van der Waals surface area contributed by atoms with Crippen LogP contribution < -0.4 is 4.90 Å². The molecule has 0 atom stereocenters. The Kier molecular flexibility index (Phi) is 4.12. The van der Waals surface area contributed by atoms with Crippen LogP contribution >= 0.6 is 11.8 Å². The average Bonchev–Trinajstić information content (AvgIpc) is 3.36. The van der Waals surface area contributed by atoms with E-state index in [1.165, 1.54) is 17.8 Å². The fourth-order valence-electron chi connectivity index (χ4n) is 2.99. The third-order valence-electron chi connectivity index (χ3n) is 4.37. The van der Waals surface area contributed by atoms with Gasteiger partial charge in [-0.1, -0.05) is 11.8 Å². The molecule has 2 aliphatic rings. The maximum absolute atomic E-state index is 12.7. The van der Waals surface area contributed by atoms with Crippen molar-refractivity contribution in [1.82, 2.24) is 20.2 Å². The summed E-state index contributed by atoms with van der Waals surface area (Å²) in [5.41, 5.74) is 1.68. The lowest BCUT2D eigenvalue weighted by Gasteiger charge is -2.29. The number of aromatic nitrogens is 4. The molecule has 1 aromatic heterocycles. The molecule has 0 unspecified atom stereocenters. The number of tetrazole rings is 1. The van der Waals surface area contributed by atoms with Gasteiger partial charge in [-0.2, -0.15) is 0 Å². The summed E-state index contributed by atoms with van der Waals surface area (Å²) in [7, 11) is 0. The van der Waals surface area contributed by atoms with E-state index in [0.29, 0.717) is 17.7 Å². The third-order valence-corrected chi connectivity index (χ3v) is 5.29. The van der Waals surface area contributed by atoms with Gasteiger partial charge in [0.05, 0.1) is 16.7 Å². The lowest BCUT2D eigenvalue weighted by Crippen LogP contribution is -2.36. The zero-order chi connectivity index (χ0) is 17.4. The van der Waals surface area contributed by atoms with Crippen LogP contribution in [0.3, 0.4) is 0 Å². The van der Waals surface area contributed by atoms with E-state index in [0.717, 1.165) is 36.9 Å². The summed E-state index contributed by atoms with van der Waals surface area (Å²) in [4.78, 5) is 24.9. The lowest BCUT2D eigenvalue weighted by atomic mass is 10.0. The second-order valence-corrected chi connectivity index (χ2v) is 7.09. The SMILES string of the molecule is O=C(CSc1nnnn1C1CC1)N1CCCc2cc([N+](=O)[O-])ccc21. The third kappa shape index (κ3) is 3.21. The van der Waals surface area contributed by atoms with Crippen molar-refractivity contribution >= 4 is 29.0 Å². The summed E-state index contributed by atoms with van der Waals surface area (Å²) in [5, 5.41) is 23.2. The van der Waals surface area contributed by atoms with Crippen LogP contribution in [0.4, 0.5) is 11.4 Å². The zero-order valence-electron chi connectivity index (χ0n) is 13.4. The van der Waals surface area contributed by atoms with Crippen molar-refractivity contribution < 1.29 is 9.72 Å². The monoisotopic (exact) mass is 360 g/mol. The van der Waals surface area contributed by atoms with Gasteiger partial charge in [-0.3, -0.25) is 14.9 Å². The number of nitro benzene ring substituents is 1. The van der Waals surface area contributed by atoms with Crippen LogP contribution in [0, 0.1) is 10.1 Å². The van der Waals surface area contributed by atoms with Gasteiger partial charge >= 0.3 is 0 Å². The van der Waals surface area contributed by atoms with E-state index in [1.807, 2.05) is 0 Å². The van der Waals surface area contributed by atoms with Gasteiger partial charge in [0.2, 0.25) is 11.1 Å². The Morgan fingerprint density at radius 1 is 1.40 bits per heavy atom. The quantitative estimate of drug-likeness (QED) is 0.456. The van der Waals surface area contributed by atoms with Crippen molar-refractivity contribution in [3.63, 3.8) is 0 Å². The van der Waals surface area contributed by atoms with Crippen LogP contribution in [0.15, 0.2) is 23.4 Å². The molecule has 1 aliphatic carbocycles. The van der Waals surface area contributed by atoms with E-state index >= 15 is 0 Å². The summed E-state index contributed by atoms with van der Waals surface area (Å²) in [5.74, 6) is 0.203. The minimum atomic E-state index is -0.408. The largest absolute Gasteiger partial charge is 0.311 e. The number of thioether (sulfide) groups is 1. The van der Waals surface area contributed by atoms with Gasteiger partial charge in [-0.15, -0.1) is 5.10 Å². The van der Waals surface area contributed by atoms with Crippen molar-refractivity contribution in [2.45, 2.75) is 36.9 Å². The number of carbonyl (C=O) groups excluding carboxylic acids is 1. The molecule has 0 N–H and O–H groups in total. The number of hydrogen-bond donors (Lipinski definition) is 0. The highest BCUT2D eigenvalue weighted by Crippen LogP contribution is 2.36. The number of anilines is 1.